The third-order valence-corrected chi connectivity index (χ3v) is 4.29. The highest BCUT2D eigenvalue weighted by Gasteiger charge is 2.04. The van der Waals surface area contributed by atoms with E-state index in [0.29, 0.717) is 18.9 Å². The molecule has 0 rings (SSSR count). The molecule has 0 aromatic carbocycles. The first-order valence-corrected chi connectivity index (χ1v) is 9.43. The Labute approximate surface area is 144 Å². The molecule has 0 aliphatic rings. The van der Waals surface area contributed by atoms with Gasteiger partial charge in [-0.1, -0.05) is 69.6 Å². The van der Waals surface area contributed by atoms with Crippen LogP contribution < -0.4 is 0 Å². The van der Waals surface area contributed by atoms with Crippen molar-refractivity contribution in [2.75, 3.05) is 6.61 Å². The molecule has 0 aliphatic carbocycles. The molecule has 0 saturated carbocycles. The summed E-state index contributed by atoms with van der Waals surface area (Å²) < 4.78 is 5.30. The first-order chi connectivity index (χ1) is 11.0. The van der Waals surface area contributed by atoms with Crippen LogP contribution in [0.2, 0.25) is 0 Å². The summed E-state index contributed by atoms with van der Waals surface area (Å²) in [5, 5.41) is 0. The van der Waals surface area contributed by atoms with Crippen molar-refractivity contribution in [2.45, 2.75) is 92.4 Å². The summed E-state index contributed by atoms with van der Waals surface area (Å²) in [6.45, 7) is 11.2. The van der Waals surface area contributed by atoms with E-state index < -0.39 is 0 Å². The van der Waals surface area contributed by atoms with E-state index in [-0.39, 0.29) is 5.97 Å². The predicted octanol–water partition coefficient (Wildman–Crippen LogP) is 6.61. The lowest BCUT2D eigenvalue weighted by Crippen LogP contribution is -2.05. The molecule has 1 unspecified atom stereocenters. The highest BCUT2D eigenvalue weighted by atomic mass is 16.5. The molecule has 0 aromatic rings. The monoisotopic (exact) mass is 322 g/mol. The zero-order chi connectivity index (χ0) is 17.5. The summed E-state index contributed by atoms with van der Waals surface area (Å²) in [6.07, 6.45) is 14.5. The van der Waals surface area contributed by atoms with Gasteiger partial charge in [0.25, 0.3) is 0 Å². The summed E-state index contributed by atoms with van der Waals surface area (Å²) in [6, 6.07) is 0. The summed E-state index contributed by atoms with van der Waals surface area (Å²) in [5.41, 5.74) is 2.65. The van der Waals surface area contributed by atoms with Gasteiger partial charge >= 0.3 is 5.97 Å². The molecule has 0 bridgehead atoms. The summed E-state index contributed by atoms with van der Waals surface area (Å²) in [5.74, 6) is 0.450. The average molecular weight is 323 g/mol. The van der Waals surface area contributed by atoms with Crippen molar-refractivity contribution in [1.82, 2.24) is 0 Å². The fourth-order valence-corrected chi connectivity index (χ4v) is 2.36. The second kappa shape index (κ2) is 14.5. The highest BCUT2D eigenvalue weighted by Crippen LogP contribution is 2.15. The number of hydrogen-bond acceptors (Lipinski definition) is 2. The fraction of sp³-hybridized carbons (Fsp3) is 0.762. The van der Waals surface area contributed by atoms with Gasteiger partial charge in [0.2, 0.25) is 0 Å². The van der Waals surface area contributed by atoms with Gasteiger partial charge in [0.05, 0.1) is 0 Å². The summed E-state index contributed by atoms with van der Waals surface area (Å²) in [7, 11) is 0. The Morgan fingerprint density at radius 2 is 1.57 bits per heavy atom. The summed E-state index contributed by atoms with van der Waals surface area (Å²) in [4.78, 5) is 11.7. The van der Waals surface area contributed by atoms with Crippen LogP contribution in [0.25, 0.3) is 0 Å². The quantitative estimate of drug-likeness (QED) is 0.217. The van der Waals surface area contributed by atoms with E-state index in [9.17, 15) is 4.79 Å². The van der Waals surface area contributed by atoms with Crippen LogP contribution in [0.5, 0.6) is 0 Å². The zero-order valence-corrected chi connectivity index (χ0v) is 16.1. The number of carbonyl (C=O) groups is 1. The molecule has 2 heteroatoms. The maximum atomic E-state index is 11.7. The molecule has 0 radical (unpaired) electrons. The van der Waals surface area contributed by atoms with Gasteiger partial charge in [-0.3, -0.25) is 4.79 Å². The first kappa shape index (κ1) is 21.9. The number of ether oxygens (including phenoxy) is 1. The zero-order valence-electron chi connectivity index (χ0n) is 16.1. The van der Waals surface area contributed by atoms with Gasteiger partial charge in [0, 0.05) is 6.42 Å². The average Bonchev–Trinajstić information content (AvgIpc) is 2.51. The van der Waals surface area contributed by atoms with Gasteiger partial charge in [-0.15, -0.1) is 0 Å². The largest absolute Gasteiger partial charge is 0.461 e. The minimum Gasteiger partial charge on any atom is -0.461 e. The number of allylic oxidation sites excluding steroid dienone is 3. The predicted molar refractivity (Wildman–Crippen MR) is 101 cm³/mol. The molecule has 23 heavy (non-hydrogen) atoms. The maximum Gasteiger partial charge on any atom is 0.306 e. The SMILES string of the molecule is CCCCCCCCCC(=O)OC/C=C(\C)C(C)CC=C(C)C. The molecule has 0 heterocycles. The van der Waals surface area contributed by atoms with Gasteiger partial charge in [0.15, 0.2) is 0 Å². The number of rotatable bonds is 13. The van der Waals surface area contributed by atoms with E-state index in [1.807, 2.05) is 6.08 Å². The standard InChI is InChI=1S/C21H38O2/c1-6-7-8-9-10-11-12-13-21(22)23-17-16-20(5)19(4)15-14-18(2)3/h14,16,19H,6-13,15,17H2,1-5H3/b20-16+. The van der Waals surface area contributed by atoms with Gasteiger partial charge in [-0.2, -0.15) is 0 Å². The Morgan fingerprint density at radius 3 is 2.17 bits per heavy atom. The Bertz CT molecular complexity index is 362. The third-order valence-electron chi connectivity index (χ3n) is 4.29. The van der Waals surface area contributed by atoms with Crippen LogP contribution in [-0.4, -0.2) is 12.6 Å². The number of carbonyl (C=O) groups excluding carboxylic acids is 1. The Kier molecular flexibility index (Phi) is 13.9. The molecule has 0 fully saturated rings. The second-order valence-electron chi connectivity index (χ2n) is 6.92. The maximum absolute atomic E-state index is 11.7. The lowest BCUT2D eigenvalue weighted by atomic mass is 9.98. The van der Waals surface area contributed by atoms with Crippen molar-refractivity contribution < 1.29 is 9.53 Å². The van der Waals surface area contributed by atoms with Gasteiger partial charge in [0.1, 0.15) is 6.61 Å². The van der Waals surface area contributed by atoms with Crippen molar-refractivity contribution in [3.63, 3.8) is 0 Å². The van der Waals surface area contributed by atoms with Crippen LogP contribution in [0, 0.1) is 5.92 Å². The minimum atomic E-state index is -0.0560. The normalized spacial score (nSPS) is 12.8. The topological polar surface area (TPSA) is 26.3 Å². The molecule has 0 N–H and O–H groups in total. The summed E-state index contributed by atoms with van der Waals surface area (Å²) >= 11 is 0. The van der Waals surface area contributed by atoms with Crippen LogP contribution in [0.4, 0.5) is 0 Å². The van der Waals surface area contributed by atoms with E-state index in [1.165, 1.54) is 43.3 Å². The van der Waals surface area contributed by atoms with Crippen molar-refractivity contribution >= 4 is 5.97 Å². The van der Waals surface area contributed by atoms with E-state index in [2.05, 4.69) is 40.7 Å². The van der Waals surface area contributed by atoms with Gasteiger partial charge in [-0.25, -0.2) is 0 Å². The number of unbranched alkanes of at least 4 members (excludes halogenated alkanes) is 6. The van der Waals surface area contributed by atoms with E-state index >= 15 is 0 Å². The van der Waals surface area contributed by atoms with Crippen molar-refractivity contribution in [2.24, 2.45) is 5.92 Å². The lowest BCUT2D eigenvalue weighted by Gasteiger charge is -2.10. The molecule has 134 valence electrons. The fourth-order valence-electron chi connectivity index (χ4n) is 2.36. The van der Waals surface area contributed by atoms with Crippen molar-refractivity contribution in [1.29, 1.82) is 0 Å². The van der Waals surface area contributed by atoms with Crippen LogP contribution >= 0.6 is 0 Å². The van der Waals surface area contributed by atoms with Gasteiger partial charge < -0.3 is 4.74 Å². The number of esters is 1. The smallest absolute Gasteiger partial charge is 0.306 e. The molecule has 2 nitrogen and oxygen atoms in total. The Morgan fingerprint density at radius 1 is 0.957 bits per heavy atom. The minimum absolute atomic E-state index is 0.0560. The van der Waals surface area contributed by atoms with Crippen molar-refractivity contribution in [3.8, 4) is 0 Å². The van der Waals surface area contributed by atoms with E-state index in [4.69, 9.17) is 4.74 Å². The molecular weight excluding hydrogens is 284 g/mol. The molecule has 0 aromatic heterocycles. The molecular formula is C21H38O2. The van der Waals surface area contributed by atoms with Gasteiger partial charge in [-0.05, 0) is 45.6 Å². The highest BCUT2D eigenvalue weighted by molar-refractivity contribution is 5.69. The Balaban J connectivity index is 3.72. The van der Waals surface area contributed by atoms with Crippen LogP contribution in [0.3, 0.4) is 0 Å². The molecule has 0 aliphatic heterocycles. The Hall–Kier alpha value is -1.05. The molecule has 1 atom stereocenters. The van der Waals surface area contributed by atoms with Crippen LogP contribution in [0.15, 0.2) is 23.3 Å². The van der Waals surface area contributed by atoms with Crippen LogP contribution in [-0.2, 0) is 9.53 Å². The van der Waals surface area contributed by atoms with E-state index in [0.717, 1.165) is 19.3 Å². The van der Waals surface area contributed by atoms with Crippen molar-refractivity contribution in [3.05, 3.63) is 23.3 Å². The third kappa shape index (κ3) is 14.3. The molecule has 0 saturated heterocycles. The van der Waals surface area contributed by atoms with E-state index in [1.54, 1.807) is 0 Å². The first-order valence-electron chi connectivity index (χ1n) is 9.43. The van der Waals surface area contributed by atoms with Crippen LogP contribution in [0.1, 0.15) is 92.4 Å². The molecule has 0 amide bonds. The second-order valence-corrected chi connectivity index (χ2v) is 6.92. The lowest BCUT2D eigenvalue weighted by molar-refractivity contribution is -0.142. The molecule has 0 spiro atoms. The number of hydrogen-bond donors (Lipinski definition) is 0.